The molecule has 0 heterocycles. The van der Waals surface area contributed by atoms with Gasteiger partial charge in [0.05, 0.1) is 12.2 Å². The minimum atomic E-state index is -0.321. The van der Waals surface area contributed by atoms with Crippen LogP contribution in [0.5, 0.6) is 0 Å². The molecular weight excluding hydrogens is 166 g/mol. The van der Waals surface area contributed by atoms with Crippen LogP contribution in [0.2, 0.25) is 0 Å². The normalized spacial score (nSPS) is 9.69. The van der Waals surface area contributed by atoms with Gasteiger partial charge in [-0.25, -0.2) is 4.79 Å². The van der Waals surface area contributed by atoms with Gasteiger partial charge in [-0.15, -0.1) is 0 Å². The summed E-state index contributed by atoms with van der Waals surface area (Å²) < 4.78 is 4.84. The number of carbonyl (C=O) groups excluding carboxylic acids is 1. The maximum Gasteiger partial charge on any atom is 0.338 e. The Morgan fingerprint density at radius 2 is 2.15 bits per heavy atom. The van der Waals surface area contributed by atoms with E-state index in [-0.39, 0.29) is 5.97 Å². The van der Waals surface area contributed by atoms with Gasteiger partial charge >= 0.3 is 5.97 Å². The first kappa shape index (κ1) is 9.58. The summed E-state index contributed by atoms with van der Waals surface area (Å²) in [5, 5.41) is 0. The molecule has 0 aliphatic rings. The summed E-state index contributed by atoms with van der Waals surface area (Å²) in [7, 11) is 0. The van der Waals surface area contributed by atoms with E-state index in [1.165, 1.54) is 0 Å². The maximum absolute atomic E-state index is 11.3. The lowest BCUT2D eigenvalue weighted by Gasteiger charge is -2.03. The lowest BCUT2D eigenvalue weighted by atomic mass is 10.1. The van der Waals surface area contributed by atoms with Crippen LogP contribution in [-0.2, 0) is 4.74 Å². The van der Waals surface area contributed by atoms with Gasteiger partial charge in [-0.05, 0) is 37.6 Å². The van der Waals surface area contributed by atoms with E-state index >= 15 is 0 Å². The highest BCUT2D eigenvalue weighted by molar-refractivity contribution is 5.90. The molecule has 0 amide bonds. The molecule has 0 aliphatic carbocycles. The highest BCUT2D eigenvalue weighted by atomic mass is 16.5. The van der Waals surface area contributed by atoms with E-state index in [1.54, 1.807) is 19.1 Å². The number of aryl methyl sites for hydroxylation is 1. The van der Waals surface area contributed by atoms with E-state index in [0.717, 1.165) is 5.56 Å². The standard InChI is InChI=1S/C10H13NO2/c1-3-13-10(12)8-4-7(2)5-9(11)6-8/h4-6H,3,11H2,1-2H3. The predicted octanol–water partition coefficient (Wildman–Crippen LogP) is 1.75. The summed E-state index contributed by atoms with van der Waals surface area (Å²) in [5.74, 6) is -0.321. The molecule has 1 aromatic carbocycles. The first-order valence-electron chi connectivity index (χ1n) is 4.17. The third kappa shape index (κ3) is 2.47. The number of carbonyl (C=O) groups is 1. The summed E-state index contributed by atoms with van der Waals surface area (Å²) in [5.41, 5.74) is 7.65. The molecule has 3 heteroatoms. The van der Waals surface area contributed by atoms with Crippen molar-refractivity contribution >= 4 is 11.7 Å². The van der Waals surface area contributed by atoms with Gasteiger partial charge in [-0.1, -0.05) is 0 Å². The fraction of sp³-hybridized carbons (Fsp3) is 0.300. The molecule has 70 valence electrons. The zero-order chi connectivity index (χ0) is 9.84. The monoisotopic (exact) mass is 179 g/mol. The molecule has 0 fully saturated rings. The minimum Gasteiger partial charge on any atom is -0.462 e. The molecule has 0 atom stereocenters. The number of nitrogen functional groups attached to an aromatic ring is 1. The van der Waals surface area contributed by atoms with Crippen LogP contribution in [0, 0.1) is 6.92 Å². The number of rotatable bonds is 2. The zero-order valence-corrected chi connectivity index (χ0v) is 7.83. The van der Waals surface area contributed by atoms with Gasteiger partial charge in [0.15, 0.2) is 0 Å². The van der Waals surface area contributed by atoms with E-state index in [9.17, 15) is 4.79 Å². The molecule has 0 unspecified atom stereocenters. The Bertz CT molecular complexity index is 300. The molecule has 0 saturated carbocycles. The molecule has 0 aliphatic heterocycles. The van der Waals surface area contributed by atoms with Gasteiger partial charge < -0.3 is 10.5 Å². The first-order valence-corrected chi connectivity index (χ1v) is 4.17. The van der Waals surface area contributed by atoms with Crippen molar-refractivity contribution in [1.82, 2.24) is 0 Å². The lowest BCUT2D eigenvalue weighted by molar-refractivity contribution is 0.0526. The second-order valence-electron chi connectivity index (χ2n) is 2.85. The lowest BCUT2D eigenvalue weighted by Crippen LogP contribution is -2.05. The number of hydrogen-bond acceptors (Lipinski definition) is 3. The number of esters is 1. The van der Waals surface area contributed by atoms with Gasteiger partial charge in [0.2, 0.25) is 0 Å². The maximum atomic E-state index is 11.3. The number of benzene rings is 1. The van der Waals surface area contributed by atoms with Crippen molar-refractivity contribution in [3.63, 3.8) is 0 Å². The van der Waals surface area contributed by atoms with E-state index in [0.29, 0.717) is 17.9 Å². The molecule has 0 radical (unpaired) electrons. The van der Waals surface area contributed by atoms with Crippen LogP contribution < -0.4 is 5.73 Å². The van der Waals surface area contributed by atoms with Gasteiger partial charge in [-0.3, -0.25) is 0 Å². The average molecular weight is 179 g/mol. The fourth-order valence-corrected chi connectivity index (χ4v) is 1.15. The molecule has 0 spiro atoms. The number of anilines is 1. The second-order valence-corrected chi connectivity index (χ2v) is 2.85. The summed E-state index contributed by atoms with van der Waals surface area (Å²) >= 11 is 0. The molecule has 1 rings (SSSR count). The Morgan fingerprint density at radius 3 is 2.69 bits per heavy atom. The Kier molecular flexibility index (Phi) is 2.90. The molecule has 1 aromatic rings. The van der Waals surface area contributed by atoms with Crippen molar-refractivity contribution in [3.05, 3.63) is 29.3 Å². The third-order valence-electron chi connectivity index (χ3n) is 1.61. The zero-order valence-electron chi connectivity index (χ0n) is 7.83. The van der Waals surface area contributed by atoms with Crippen molar-refractivity contribution in [2.45, 2.75) is 13.8 Å². The van der Waals surface area contributed by atoms with Crippen LogP contribution in [0.25, 0.3) is 0 Å². The summed E-state index contributed by atoms with van der Waals surface area (Å²) in [6, 6.07) is 5.18. The van der Waals surface area contributed by atoms with E-state index in [4.69, 9.17) is 10.5 Å². The molecule has 0 aromatic heterocycles. The molecule has 3 nitrogen and oxygen atoms in total. The van der Waals surface area contributed by atoms with Crippen molar-refractivity contribution in [3.8, 4) is 0 Å². The van der Waals surface area contributed by atoms with Crippen LogP contribution >= 0.6 is 0 Å². The largest absolute Gasteiger partial charge is 0.462 e. The van der Waals surface area contributed by atoms with Gasteiger partial charge in [-0.2, -0.15) is 0 Å². The SMILES string of the molecule is CCOC(=O)c1cc(C)cc(N)c1. The van der Waals surface area contributed by atoms with Crippen molar-refractivity contribution in [2.24, 2.45) is 0 Å². The third-order valence-corrected chi connectivity index (χ3v) is 1.61. The quantitative estimate of drug-likeness (QED) is 0.556. The Labute approximate surface area is 77.5 Å². The Morgan fingerprint density at radius 1 is 1.46 bits per heavy atom. The molecule has 0 saturated heterocycles. The number of nitrogens with two attached hydrogens (primary N) is 1. The van der Waals surface area contributed by atoms with Crippen molar-refractivity contribution in [2.75, 3.05) is 12.3 Å². The van der Waals surface area contributed by atoms with Gasteiger partial charge in [0.25, 0.3) is 0 Å². The van der Waals surface area contributed by atoms with Crippen LogP contribution in [0.3, 0.4) is 0 Å². The van der Waals surface area contributed by atoms with Crippen LogP contribution in [0.15, 0.2) is 18.2 Å². The molecular formula is C10H13NO2. The fourth-order valence-electron chi connectivity index (χ4n) is 1.15. The molecule has 0 bridgehead atoms. The van der Waals surface area contributed by atoms with Crippen molar-refractivity contribution in [1.29, 1.82) is 0 Å². The van der Waals surface area contributed by atoms with E-state index in [2.05, 4.69) is 0 Å². The van der Waals surface area contributed by atoms with Crippen molar-refractivity contribution < 1.29 is 9.53 Å². The van der Waals surface area contributed by atoms with E-state index in [1.807, 2.05) is 13.0 Å². The highest BCUT2D eigenvalue weighted by Gasteiger charge is 2.06. The number of hydrogen-bond donors (Lipinski definition) is 1. The topological polar surface area (TPSA) is 52.3 Å². The van der Waals surface area contributed by atoms with Gasteiger partial charge in [0.1, 0.15) is 0 Å². The van der Waals surface area contributed by atoms with Crippen LogP contribution in [0.4, 0.5) is 5.69 Å². The van der Waals surface area contributed by atoms with Gasteiger partial charge in [0, 0.05) is 5.69 Å². The van der Waals surface area contributed by atoms with E-state index < -0.39 is 0 Å². The smallest absolute Gasteiger partial charge is 0.338 e. The van der Waals surface area contributed by atoms with Crippen LogP contribution in [-0.4, -0.2) is 12.6 Å². The minimum absolute atomic E-state index is 0.321. The Balaban J connectivity index is 2.94. The van der Waals surface area contributed by atoms with Crippen LogP contribution in [0.1, 0.15) is 22.8 Å². The summed E-state index contributed by atoms with van der Waals surface area (Å²) in [6.45, 7) is 4.04. The average Bonchev–Trinajstić information content (AvgIpc) is 2.03. The second kappa shape index (κ2) is 3.94. The first-order chi connectivity index (χ1) is 6.13. The highest BCUT2D eigenvalue weighted by Crippen LogP contribution is 2.11. The number of ether oxygens (including phenoxy) is 1. The predicted molar refractivity (Wildman–Crippen MR) is 51.5 cm³/mol. The summed E-state index contributed by atoms with van der Waals surface area (Å²) in [6.07, 6.45) is 0. The molecule has 13 heavy (non-hydrogen) atoms. The Hall–Kier alpha value is -1.51. The summed E-state index contributed by atoms with van der Waals surface area (Å²) in [4.78, 5) is 11.3. The molecule has 2 N–H and O–H groups in total.